The fourth-order valence-electron chi connectivity index (χ4n) is 2.02. The van der Waals surface area contributed by atoms with Crippen LogP contribution in [0.4, 0.5) is 5.69 Å². The van der Waals surface area contributed by atoms with Crippen molar-refractivity contribution in [2.75, 3.05) is 11.6 Å². The third-order valence-corrected chi connectivity index (χ3v) is 6.43. The number of rotatable bonds is 6. The Kier molecular flexibility index (Phi) is 4.81. The molecule has 0 radical (unpaired) electrons. The highest BCUT2D eigenvalue weighted by Crippen LogP contribution is 2.39. The van der Waals surface area contributed by atoms with Crippen LogP contribution in [0.2, 0.25) is 0 Å². The van der Waals surface area contributed by atoms with Gasteiger partial charge in [0.25, 0.3) is 0 Å². The van der Waals surface area contributed by atoms with Crippen molar-refractivity contribution in [3.8, 4) is 0 Å². The van der Waals surface area contributed by atoms with Gasteiger partial charge < -0.3 is 5.32 Å². The maximum absolute atomic E-state index is 10.5. The maximum Gasteiger partial charge on any atom is 0.211 e. The quantitative estimate of drug-likeness (QED) is 0.613. The first-order valence-electron chi connectivity index (χ1n) is 5.98. The van der Waals surface area contributed by atoms with E-state index in [0.717, 1.165) is 12.1 Å². The second kappa shape index (κ2) is 6.20. The summed E-state index contributed by atoms with van der Waals surface area (Å²) in [5, 5.41) is 3.90. The topological polar surface area (TPSA) is 29.1 Å². The van der Waals surface area contributed by atoms with Crippen molar-refractivity contribution < 1.29 is 4.79 Å². The Bertz CT molecular complexity index is 577. The smallest absolute Gasteiger partial charge is 0.211 e. The van der Waals surface area contributed by atoms with Gasteiger partial charge in [0, 0.05) is 20.0 Å². The molecule has 19 heavy (non-hydrogen) atoms. The van der Waals surface area contributed by atoms with Gasteiger partial charge in [-0.25, -0.2) is 0 Å². The van der Waals surface area contributed by atoms with Gasteiger partial charge in [-0.05, 0) is 56.2 Å². The summed E-state index contributed by atoms with van der Waals surface area (Å²) < 4.78 is 1.51. The molecule has 5 heteroatoms. The molecule has 0 bridgehead atoms. The molecule has 0 spiro atoms. The van der Waals surface area contributed by atoms with Crippen molar-refractivity contribution in [3.63, 3.8) is 0 Å². The third kappa shape index (κ3) is 3.91. The minimum Gasteiger partial charge on any atom is -0.329 e. The van der Waals surface area contributed by atoms with Crippen molar-refractivity contribution in [1.29, 1.82) is 0 Å². The minimum absolute atomic E-state index is 0.240. The second-order valence-electron chi connectivity index (χ2n) is 4.91. The molecule has 0 aliphatic rings. The number of carbonyl (C=O) groups is 1. The van der Waals surface area contributed by atoms with Crippen LogP contribution in [-0.4, -0.2) is 17.4 Å². The van der Waals surface area contributed by atoms with Gasteiger partial charge in [0.05, 0.1) is 0 Å². The first-order chi connectivity index (χ1) is 9.04. The van der Waals surface area contributed by atoms with Crippen LogP contribution in [0.15, 0.2) is 24.3 Å². The number of carbonyl (C=O) groups excluding carboxylic acids is 1. The molecular weight excluding hydrogens is 294 g/mol. The predicted molar refractivity (Wildman–Crippen MR) is 90.4 cm³/mol. The van der Waals surface area contributed by atoms with Crippen LogP contribution in [0.1, 0.15) is 18.7 Å². The van der Waals surface area contributed by atoms with Gasteiger partial charge >= 0.3 is 0 Å². The van der Waals surface area contributed by atoms with Crippen molar-refractivity contribution in [1.82, 2.24) is 0 Å². The van der Waals surface area contributed by atoms with Crippen LogP contribution in [-0.2, 0) is 11.2 Å². The normalized spacial score (nSPS) is 11.7. The zero-order valence-electron chi connectivity index (χ0n) is 11.2. The van der Waals surface area contributed by atoms with Gasteiger partial charge in [-0.2, -0.15) is 0 Å². The summed E-state index contributed by atoms with van der Waals surface area (Å²) in [6, 6.07) is 8.28. The number of anilines is 1. The predicted octanol–water partition coefficient (Wildman–Crippen LogP) is 4.80. The molecule has 0 aliphatic heterocycles. The number of amides is 1. The molecule has 1 aromatic carbocycles. The summed E-state index contributed by atoms with van der Waals surface area (Å²) in [5.41, 5.74) is 0.851. The Morgan fingerprint density at radius 2 is 2.16 bits per heavy atom. The summed E-state index contributed by atoms with van der Waals surface area (Å²) in [5.74, 6) is 0. The number of benzene rings is 1. The summed E-state index contributed by atoms with van der Waals surface area (Å²) in [7, 11) is 3.73. The average molecular weight is 311 g/mol. The number of thiophene rings is 1. The van der Waals surface area contributed by atoms with Crippen LogP contribution >= 0.6 is 32.9 Å². The molecule has 0 aliphatic carbocycles. The SMILES string of the molecule is CSSC(C)(C)Cc1cc2cc(NC=O)ccc2s1. The lowest BCUT2D eigenvalue weighted by atomic mass is 10.1. The summed E-state index contributed by atoms with van der Waals surface area (Å²) >= 11 is 1.84. The van der Waals surface area contributed by atoms with Crippen LogP contribution in [0, 0.1) is 0 Å². The molecule has 0 atom stereocenters. The molecule has 2 rings (SSSR count). The zero-order valence-corrected chi connectivity index (χ0v) is 13.7. The highest BCUT2D eigenvalue weighted by Gasteiger charge is 2.20. The van der Waals surface area contributed by atoms with Gasteiger partial charge in [0.15, 0.2) is 0 Å². The highest BCUT2D eigenvalue weighted by molar-refractivity contribution is 8.76. The number of nitrogens with one attached hydrogen (secondary N) is 1. The van der Waals surface area contributed by atoms with Gasteiger partial charge in [0.1, 0.15) is 0 Å². The van der Waals surface area contributed by atoms with E-state index in [2.05, 4.69) is 37.6 Å². The molecule has 1 heterocycles. The Morgan fingerprint density at radius 1 is 1.37 bits per heavy atom. The summed E-state index contributed by atoms with van der Waals surface area (Å²) in [6.45, 7) is 4.55. The van der Waals surface area contributed by atoms with Crippen molar-refractivity contribution >= 4 is 55.1 Å². The molecule has 0 saturated heterocycles. The lowest BCUT2D eigenvalue weighted by Crippen LogP contribution is -2.15. The van der Waals surface area contributed by atoms with Gasteiger partial charge in [-0.3, -0.25) is 4.79 Å². The van der Waals surface area contributed by atoms with E-state index in [1.165, 1.54) is 15.0 Å². The molecule has 2 aromatic rings. The standard InChI is InChI=1S/C14H17NOS3/c1-14(2,19-17-3)8-12-7-10-6-11(15-9-16)4-5-13(10)18-12/h4-7,9H,8H2,1-3H3,(H,15,16). The van der Waals surface area contributed by atoms with E-state index in [4.69, 9.17) is 0 Å². The highest BCUT2D eigenvalue weighted by atomic mass is 33.1. The van der Waals surface area contributed by atoms with Crippen molar-refractivity contribution in [2.45, 2.75) is 25.0 Å². The van der Waals surface area contributed by atoms with E-state index in [0.29, 0.717) is 6.41 Å². The molecule has 2 nitrogen and oxygen atoms in total. The van der Waals surface area contributed by atoms with Crippen LogP contribution in [0.5, 0.6) is 0 Å². The van der Waals surface area contributed by atoms with E-state index in [1.54, 1.807) is 0 Å². The molecule has 1 amide bonds. The number of hydrogen-bond donors (Lipinski definition) is 1. The third-order valence-electron chi connectivity index (χ3n) is 2.70. The van der Waals surface area contributed by atoms with Crippen LogP contribution < -0.4 is 5.32 Å². The van der Waals surface area contributed by atoms with Crippen LogP contribution in [0.25, 0.3) is 10.1 Å². The fourth-order valence-corrected chi connectivity index (χ4v) is 5.58. The van der Waals surface area contributed by atoms with E-state index in [9.17, 15) is 4.79 Å². The van der Waals surface area contributed by atoms with E-state index >= 15 is 0 Å². The van der Waals surface area contributed by atoms with Gasteiger partial charge in [-0.15, -0.1) is 11.3 Å². The lowest BCUT2D eigenvalue weighted by molar-refractivity contribution is -0.105. The Labute approximate surface area is 125 Å². The fraction of sp³-hybridized carbons (Fsp3) is 0.357. The Hall–Kier alpha value is -0.650. The molecule has 0 fully saturated rings. The summed E-state index contributed by atoms with van der Waals surface area (Å²) in [4.78, 5) is 11.9. The largest absolute Gasteiger partial charge is 0.329 e. The van der Waals surface area contributed by atoms with E-state index in [1.807, 2.05) is 45.1 Å². The van der Waals surface area contributed by atoms with Gasteiger partial charge in [-0.1, -0.05) is 21.6 Å². The maximum atomic E-state index is 10.5. The van der Waals surface area contributed by atoms with Crippen molar-refractivity contribution in [3.05, 3.63) is 29.1 Å². The first kappa shape index (κ1) is 14.8. The monoisotopic (exact) mass is 311 g/mol. The first-order valence-corrected chi connectivity index (χ1v) is 9.36. The molecule has 1 aromatic heterocycles. The Morgan fingerprint density at radius 3 is 2.84 bits per heavy atom. The molecule has 102 valence electrons. The Balaban J connectivity index is 2.23. The number of fused-ring (bicyclic) bond motifs is 1. The molecule has 0 saturated carbocycles. The number of hydrogen-bond acceptors (Lipinski definition) is 4. The molecule has 1 N–H and O–H groups in total. The second-order valence-corrected chi connectivity index (χ2v) is 9.19. The average Bonchev–Trinajstić information content (AvgIpc) is 2.69. The molecular formula is C14H17NOS3. The zero-order chi connectivity index (χ0) is 13.9. The van der Waals surface area contributed by atoms with Crippen molar-refractivity contribution in [2.24, 2.45) is 0 Å². The minimum atomic E-state index is 0.240. The molecule has 0 unspecified atom stereocenters. The van der Waals surface area contributed by atoms with Gasteiger partial charge in [0.2, 0.25) is 6.41 Å². The van der Waals surface area contributed by atoms with Crippen LogP contribution in [0.3, 0.4) is 0 Å². The van der Waals surface area contributed by atoms with E-state index in [-0.39, 0.29) is 4.75 Å². The van der Waals surface area contributed by atoms with E-state index < -0.39 is 0 Å². The lowest BCUT2D eigenvalue weighted by Gasteiger charge is -2.21. The summed E-state index contributed by atoms with van der Waals surface area (Å²) in [6.07, 6.45) is 3.90.